The molecule has 116 valence electrons. The highest BCUT2D eigenvalue weighted by Gasteiger charge is 2.29. The van der Waals surface area contributed by atoms with Gasteiger partial charge >= 0.3 is 0 Å². The van der Waals surface area contributed by atoms with Crippen molar-refractivity contribution in [1.82, 2.24) is 9.88 Å². The summed E-state index contributed by atoms with van der Waals surface area (Å²) in [5.74, 6) is 0.0310. The van der Waals surface area contributed by atoms with Crippen LogP contribution in [0, 0.1) is 13.8 Å². The van der Waals surface area contributed by atoms with E-state index < -0.39 is 0 Å². The fraction of sp³-hybridized carbons (Fsp3) is 0.375. The summed E-state index contributed by atoms with van der Waals surface area (Å²) >= 11 is 7.69. The Hall–Kier alpha value is -1.43. The standard InChI is InChI=1S/C16H17ClN2O2S/c1-10-15(22-11(2)18-10)16(20)19-7-8-21-14(9-19)12-5-3-4-6-13(12)17/h3-6,14H,7-9H2,1-2H3/t14-/m1/s1. The summed E-state index contributed by atoms with van der Waals surface area (Å²) in [5, 5.41) is 1.59. The van der Waals surface area contributed by atoms with E-state index >= 15 is 0 Å². The molecule has 0 saturated carbocycles. The lowest BCUT2D eigenvalue weighted by molar-refractivity contribution is -0.0226. The Balaban J connectivity index is 1.80. The predicted molar refractivity (Wildman–Crippen MR) is 87.6 cm³/mol. The summed E-state index contributed by atoms with van der Waals surface area (Å²) in [5.41, 5.74) is 1.73. The molecule has 2 aromatic rings. The Bertz CT molecular complexity index is 701. The first-order valence-electron chi connectivity index (χ1n) is 7.15. The molecule has 6 heteroatoms. The van der Waals surface area contributed by atoms with Crippen LogP contribution in [0.15, 0.2) is 24.3 Å². The second kappa shape index (κ2) is 6.36. The number of benzene rings is 1. The number of hydrogen-bond donors (Lipinski definition) is 0. The maximum atomic E-state index is 12.7. The molecule has 1 amide bonds. The molecule has 1 saturated heterocycles. The summed E-state index contributed by atoms with van der Waals surface area (Å²) < 4.78 is 5.81. The van der Waals surface area contributed by atoms with Gasteiger partial charge in [0.1, 0.15) is 11.0 Å². The van der Waals surface area contributed by atoms with Gasteiger partial charge in [0.15, 0.2) is 0 Å². The number of nitrogens with zero attached hydrogens (tertiary/aromatic N) is 2. The Morgan fingerprint density at radius 2 is 2.18 bits per heavy atom. The molecule has 0 N–H and O–H groups in total. The van der Waals surface area contributed by atoms with Gasteiger partial charge in [-0.1, -0.05) is 29.8 Å². The number of carbonyl (C=O) groups excluding carboxylic acids is 1. The van der Waals surface area contributed by atoms with Gasteiger partial charge in [-0.05, 0) is 19.9 Å². The largest absolute Gasteiger partial charge is 0.370 e. The van der Waals surface area contributed by atoms with Gasteiger partial charge in [-0.15, -0.1) is 11.3 Å². The van der Waals surface area contributed by atoms with E-state index in [0.29, 0.717) is 24.7 Å². The molecule has 0 spiro atoms. The molecule has 0 unspecified atom stereocenters. The number of thiazole rings is 1. The van der Waals surface area contributed by atoms with E-state index in [4.69, 9.17) is 16.3 Å². The Labute approximate surface area is 138 Å². The number of morpholine rings is 1. The lowest BCUT2D eigenvalue weighted by Crippen LogP contribution is -2.42. The Morgan fingerprint density at radius 3 is 2.86 bits per heavy atom. The van der Waals surface area contributed by atoms with Crippen LogP contribution < -0.4 is 0 Å². The first-order valence-corrected chi connectivity index (χ1v) is 8.35. The molecule has 1 fully saturated rings. The molecular weight excluding hydrogens is 320 g/mol. The minimum absolute atomic E-state index is 0.0310. The summed E-state index contributed by atoms with van der Waals surface area (Å²) in [6, 6.07) is 7.61. The van der Waals surface area contributed by atoms with Crippen molar-refractivity contribution < 1.29 is 9.53 Å². The van der Waals surface area contributed by atoms with Gasteiger partial charge in [0.25, 0.3) is 5.91 Å². The van der Waals surface area contributed by atoms with Gasteiger partial charge < -0.3 is 9.64 Å². The van der Waals surface area contributed by atoms with E-state index in [0.717, 1.165) is 21.1 Å². The van der Waals surface area contributed by atoms with Crippen LogP contribution in [0.5, 0.6) is 0 Å². The molecule has 3 rings (SSSR count). The van der Waals surface area contributed by atoms with Gasteiger partial charge in [0.05, 0.1) is 23.9 Å². The average Bonchev–Trinajstić information content (AvgIpc) is 2.86. The van der Waals surface area contributed by atoms with E-state index in [-0.39, 0.29) is 12.0 Å². The molecule has 0 radical (unpaired) electrons. The second-order valence-electron chi connectivity index (χ2n) is 5.28. The van der Waals surface area contributed by atoms with Crippen LogP contribution in [0.4, 0.5) is 0 Å². The second-order valence-corrected chi connectivity index (χ2v) is 6.89. The minimum Gasteiger partial charge on any atom is -0.370 e. The molecule has 1 aromatic carbocycles. The van der Waals surface area contributed by atoms with Crippen LogP contribution in [0.25, 0.3) is 0 Å². The molecular formula is C16H17ClN2O2S. The molecule has 0 aliphatic carbocycles. The number of aromatic nitrogens is 1. The van der Waals surface area contributed by atoms with Crippen LogP contribution in [-0.4, -0.2) is 35.5 Å². The lowest BCUT2D eigenvalue weighted by Gasteiger charge is -2.33. The van der Waals surface area contributed by atoms with E-state index in [2.05, 4.69) is 4.98 Å². The number of halogens is 1. The van der Waals surface area contributed by atoms with Crippen molar-refractivity contribution >= 4 is 28.8 Å². The zero-order valence-corrected chi connectivity index (χ0v) is 14.1. The summed E-state index contributed by atoms with van der Waals surface area (Å²) in [7, 11) is 0. The fourth-order valence-electron chi connectivity index (χ4n) is 2.63. The quantitative estimate of drug-likeness (QED) is 0.841. The van der Waals surface area contributed by atoms with E-state index in [1.54, 1.807) is 0 Å². The van der Waals surface area contributed by atoms with Crippen molar-refractivity contribution in [2.75, 3.05) is 19.7 Å². The molecule has 22 heavy (non-hydrogen) atoms. The van der Waals surface area contributed by atoms with Crippen molar-refractivity contribution in [2.45, 2.75) is 20.0 Å². The zero-order chi connectivity index (χ0) is 15.7. The number of rotatable bonds is 2. The van der Waals surface area contributed by atoms with Gasteiger partial charge in [0, 0.05) is 17.1 Å². The Morgan fingerprint density at radius 1 is 1.41 bits per heavy atom. The summed E-state index contributed by atoms with van der Waals surface area (Å²) in [4.78, 5) is 19.6. The fourth-order valence-corrected chi connectivity index (χ4v) is 3.78. The molecule has 1 aliphatic heterocycles. The van der Waals surface area contributed by atoms with Crippen LogP contribution in [0.1, 0.15) is 32.0 Å². The Kier molecular flexibility index (Phi) is 4.47. The highest BCUT2D eigenvalue weighted by atomic mass is 35.5. The van der Waals surface area contributed by atoms with Crippen LogP contribution >= 0.6 is 22.9 Å². The van der Waals surface area contributed by atoms with E-state index in [1.807, 2.05) is 43.0 Å². The number of aryl methyl sites for hydroxylation is 2. The predicted octanol–water partition coefficient (Wildman–Crippen LogP) is 3.63. The average molecular weight is 337 g/mol. The van der Waals surface area contributed by atoms with E-state index in [1.165, 1.54) is 11.3 Å². The van der Waals surface area contributed by atoms with Crippen molar-refractivity contribution in [2.24, 2.45) is 0 Å². The zero-order valence-electron chi connectivity index (χ0n) is 12.5. The van der Waals surface area contributed by atoms with Crippen molar-refractivity contribution in [1.29, 1.82) is 0 Å². The first kappa shape index (κ1) is 15.5. The number of ether oxygens (including phenoxy) is 1. The number of amides is 1. The number of carbonyl (C=O) groups is 1. The number of hydrogen-bond acceptors (Lipinski definition) is 4. The highest BCUT2D eigenvalue weighted by molar-refractivity contribution is 7.13. The lowest BCUT2D eigenvalue weighted by atomic mass is 10.1. The van der Waals surface area contributed by atoms with Crippen LogP contribution in [0.3, 0.4) is 0 Å². The van der Waals surface area contributed by atoms with Gasteiger partial charge in [-0.25, -0.2) is 4.98 Å². The topological polar surface area (TPSA) is 42.4 Å². The smallest absolute Gasteiger partial charge is 0.266 e. The SMILES string of the molecule is Cc1nc(C)c(C(=O)N2CCO[C@@H](c3ccccc3Cl)C2)s1. The molecule has 0 bridgehead atoms. The molecule has 1 aliphatic rings. The van der Waals surface area contributed by atoms with Crippen molar-refractivity contribution in [3.63, 3.8) is 0 Å². The maximum absolute atomic E-state index is 12.7. The molecule has 1 atom stereocenters. The van der Waals surface area contributed by atoms with E-state index in [9.17, 15) is 4.79 Å². The van der Waals surface area contributed by atoms with Gasteiger partial charge in [-0.3, -0.25) is 4.79 Å². The first-order chi connectivity index (χ1) is 10.6. The van der Waals surface area contributed by atoms with Crippen molar-refractivity contribution in [3.8, 4) is 0 Å². The monoisotopic (exact) mass is 336 g/mol. The summed E-state index contributed by atoms with van der Waals surface area (Å²) in [6.07, 6.45) is -0.180. The summed E-state index contributed by atoms with van der Waals surface area (Å²) in [6.45, 7) is 5.41. The molecule has 2 heterocycles. The highest BCUT2D eigenvalue weighted by Crippen LogP contribution is 2.29. The van der Waals surface area contributed by atoms with Crippen LogP contribution in [-0.2, 0) is 4.74 Å². The molecule has 4 nitrogen and oxygen atoms in total. The van der Waals surface area contributed by atoms with Gasteiger partial charge in [0.2, 0.25) is 0 Å². The third kappa shape index (κ3) is 3.02. The van der Waals surface area contributed by atoms with Gasteiger partial charge in [-0.2, -0.15) is 0 Å². The molecule has 1 aromatic heterocycles. The minimum atomic E-state index is -0.180. The third-order valence-corrected chi connectivity index (χ3v) is 5.11. The third-order valence-electron chi connectivity index (χ3n) is 3.70. The van der Waals surface area contributed by atoms with Crippen molar-refractivity contribution in [3.05, 3.63) is 50.4 Å². The maximum Gasteiger partial charge on any atom is 0.266 e. The van der Waals surface area contributed by atoms with Crippen LogP contribution in [0.2, 0.25) is 5.02 Å². The normalized spacial score (nSPS) is 18.5.